The SMILES string of the molecule is C1=C2[C@@H]3CCC[C@@]24c2c(cccc2O[C@H]4CC1)C3. The summed E-state index contributed by atoms with van der Waals surface area (Å²) < 4.78 is 6.34. The Morgan fingerprint density at radius 3 is 3.22 bits per heavy atom. The molecular formula is C17H18O. The van der Waals surface area contributed by atoms with Crippen LogP contribution in [0.25, 0.3) is 0 Å². The van der Waals surface area contributed by atoms with Crippen molar-refractivity contribution in [1.82, 2.24) is 0 Å². The first-order valence-electron chi connectivity index (χ1n) is 7.39. The third-order valence-corrected chi connectivity index (χ3v) is 5.72. The summed E-state index contributed by atoms with van der Waals surface area (Å²) in [6, 6.07) is 6.72. The summed E-state index contributed by atoms with van der Waals surface area (Å²) in [4.78, 5) is 0. The number of ether oxygens (including phenoxy) is 1. The molecule has 1 heterocycles. The highest BCUT2D eigenvalue weighted by Crippen LogP contribution is 2.62. The van der Waals surface area contributed by atoms with Crippen LogP contribution in [0, 0.1) is 5.92 Å². The molecule has 1 nitrogen and oxygen atoms in total. The Hall–Kier alpha value is -1.24. The van der Waals surface area contributed by atoms with Gasteiger partial charge in [-0.05, 0) is 49.7 Å². The van der Waals surface area contributed by atoms with E-state index >= 15 is 0 Å². The first kappa shape index (κ1) is 9.66. The standard InChI is InChI=1S/C17H18O/c1-4-12-10-11-5-3-9-17-13(11)6-2-8-15(17)18-14(7-1)16(12)17/h1,4,6-7,11,15H,2-3,5,8-10H2/t11-,15+,17-/m1/s1. The minimum atomic E-state index is 0.297. The van der Waals surface area contributed by atoms with Crippen molar-refractivity contribution in [2.24, 2.45) is 5.92 Å². The number of rotatable bonds is 0. The van der Waals surface area contributed by atoms with E-state index < -0.39 is 0 Å². The lowest BCUT2D eigenvalue weighted by Gasteiger charge is -2.50. The van der Waals surface area contributed by atoms with Crippen molar-refractivity contribution in [2.75, 3.05) is 0 Å². The van der Waals surface area contributed by atoms with Gasteiger partial charge in [-0.15, -0.1) is 0 Å². The van der Waals surface area contributed by atoms with Gasteiger partial charge in [-0.3, -0.25) is 0 Å². The Morgan fingerprint density at radius 2 is 2.22 bits per heavy atom. The lowest BCUT2D eigenvalue weighted by Crippen LogP contribution is -2.49. The van der Waals surface area contributed by atoms with Gasteiger partial charge in [-0.1, -0.05) is 30.2 Å². The average molecular weight is 238 g/mol. The summed E-state index contributed by atoms with van der Waals surface area (Å²) >= 11 is 0. The third kappa shape index (κ3) is 0.899. The first-order valence-corrected chi connectivity index (χ1v) is 7.39. The van der Waals surface area contributed by atoms with E-state index in [1.54, 1.807) is 16.7 Å². The average Bonchev–Trinajstić information content (AvgIpc) is 2.70. The van der Waals surface area contributed by atoms with E-state index in [1.807, 2.05) is 0 Å². The second-order valence-electron chi connectivity index (χ2n) is 6.40. The maximum atomic E-state index is 6.34. The summed E-state index contributed by atoms with van der Waals surface area (Å²) in [6.07, 6.45) is 10.8. The van der Waals surface area contributed by atoms with E-state index in [1.165, 1.54) is 44.3 Å². The molecule has 1 aromatic carbocycles. The third-order valence-electron chi connectivity index (χ3n) is 5.72. The highest BCUT2D eigenvalue weighted by Gasteiger charge is 2.58. The smallest absolute Gasteiger partial charge is 0.124 e. The molecule has 2 bridgehead atoms. The minimum absolute atomic E-state index is 0.297. The highest BCUT2D eigenvalue weighted by molar-refractivity contribution is 5.60. The molecule has 0 aromatic heterocycles. The largest absolute Gasteiger partial charge is 0.489 e. The molecule has 0 N–H and O–H groups in total. The van der Waals surface area contributed by atoms with Crippen molar-refractivity contribution in [3.63, 3.8) is 0 Å². The number of hydrogen-bond donors (Lipinski definition) is 0. The van der Waals surface area contributed by atoms with Crippen LogP contribution in [0.5, 0.6) is 5.75 Å². The molecule has 92 valence electrons. The first-order chi connectivity index (χ1) is 8.89. The fraction of sp³-hybridized carbons (Fsp3) is 0.529. The second kappa shape index (κ2) is 3.01. The number of allylic oxidation sites excluding steroid dienone is 1. The zero-order valence-corrected chi connectivity index (χ0v) is 10.6. The second-order valence-corrected chi connectivity index (χ2v) is 6.40. The van der Waals surface area contributed by atoms with E-state index in [-0.39, 0.29) is 0 Å². The molecular weight excluding hydrogens is 220 g/mol. The Balaban J connectivity index is 1.89. The van der Waals surface area contributed by atoms with Gasteiger partial charge in [-0.25, -0.2) is 0 Å². The van der Waals surface area contributed by atoms with Gasteiger partial charge in [0.15, 0.2) is 0 Å². The molecule has 0 radical (unpaired) electrons. The molecule has 5 rings (SSSR count). The minimum Gasteiger partial charge on any atom is -0.489 e. The van der Waals surface area contributed by atoms with Crippen LogP contribution < -0.4 is 4.74 Å². The van der Waals surface area contributed by atoms with E-state index in [0.29, 0.717) is 11.5 Å². The van der Waals surface area contributed by atoms with Crippen LogP contribution in [-0.2, 0) is 11.8 Å². The quantitative estimate of drug-likeness (QED) is 0.625. The van der Waals surface area contributed by atoms with Crippen LogP contribution >= 0.6 is 0 Å². The van der Waals surface area contributed by atoms with Crippen molar-refractivity contribution in [3.05, 3.63) is 41.0 Å². The molecule has 1 saturated carbocycles. The van der Waals surface area contributed by atoms with Crippen LogP contribution in [-0.4, -0.2) is 6.10 Å². The summed E-state index contributed by atoms with van der Waals surface area (Å²) in [5.41, 5.74) is 5.21. The maximum absolute atomic E-state index is 6.34. The Kier molecular flexibility index (Phi) is 1.62. The summed E-state index contributed by atoms with van der Waals surface area (Å²) in [7, 11) is 0. The highest BCUT2D eigenvalue weighted by atomic mass is 16.5. The molecule has 0 unspecified atom stereocenters. The summed E-state index contributed by atoms with van der Waals surface area (Å²) in [6.45, 7) is 0. The molecule has 18 heavy (non-hydrogen) atoms. The van der Waals surface area contributed by atoms with Crippen LogP contribution in [0.3, 0.4) is 0 Å². The van der Waals surface area contributed by atoms with Gasteiger partial charge in [-0.2, -0.15) is 0 Å². The van der Waals surface area contributed by atoms with Crippen LogP contribution in [0.15, 0.2) is 29.8 Å². The van der Waals surface area contributed by atoms with Crippen LogP contribution in [0.2, 0.25) is 0 Å². The van der Waals surface area contributed by atoms with Gasteiger partial charge < -0.3 is 4.74 Å². The molecule has 3 aliphatic carbocycles. The topological polar surface area (TPSA) is 9.23 Å². The lowest BCUT2D eigenvalue weighted by molar-refractivity contribution is 0.114. The van der Waals surface area contributed by atoms with Gasteiger partial charge in [0.05, 0.1) is 5.41 Å². The van der Waals surface area contributed by atoms with Crippen molar-refractivity contribution < 1.29 is 4.74 Å². The van der Waals surface area contributed by atoms with Crippen molar-refractivity contribution in [3.8, 4) is 5.75 Å². The normalized spacial score (nSPS) is 38.8. The van der Waals surface area contributed by atoms with Crippen LogP contribution in [0.4, 0.5) is 0 Å². The van der Waals surface area contributed by atoms with E-state index in [2.05, 4.69) is 24.3 Å². The monoisotopic (exact) mass is 238 g/mol. The molecule has 1 heteroatoms. The zero-order valence-electron chi connectivity index (χ0n) is 10.6. The number of hydrogen-bond acceptors (Lipinski definition) is 1. The van der Waals surface area contributed by atoms with E-state index in [0.717, 1.165) is 5.92 Å². The summed E-state index contributed by atoms with van der Waals surface area (Å²) in [5, 5.41) is 0. The molecule has 1 aliphatic heterocycles. The van der Waals surface area contributed by atoms with Crippen LogP contribution in [0.1, 0.15) is 43.2 Å². The molecule has 3 atom stereocenters. The molecule has 4 aliphatic rings. The molecule has 0 saturated heterocycles. The zero-order chi connectivity index (χ0) is 11.7. The van der Waals surface area contributed by atoms with Crippen molar-refractivity contribution in [2.45, 2.75) is 50.0 Å². The van der Waals surface area contributed by atoms with Gasteiger partial charge in [0.1, 0.15) is 11.9 Å². The van der Waals surface area contributed by atoms with E-state index in [4.69, 9.17) is 4.74 Å². The summed E-state index contributed by atoms with van der Waals surface area (Å²) in [5.74, 6) is 2.01. The lowest BCUT2D eigenvalue weighted by atomic mass is 9.53. The molecule has 1 aromatic rings. The number of benzene rings is 1. The Morgan fingerprint density at radius 1 is 1.22 bits per heavy atom. The Labute approximate surface area is 108 Å². The molecule has 0 amide bonds. The van der Waals surface area contributed by atoms with E-state index in [9.17, 15) is 0 Å². The van der Waals surface area contributed by atoms with Gasteiger partial charge in [0.2, 0.25) is 0 Å². The molecule has 1 fully saturated rings. The maximum Gasteiger partial charge on any atom is 0.124 e. The fourth-order valence-corrected chi connectivity index (χ4v) is 5.20. The predicted molar refractivity (Wildman–Crippen MR) is 70.9 cm³/mol. The fourth-order valence-electron chi connectivity index (χ4n) is 5.20. The van der Waals surface area contributed by atoms with Gasteiger partial charge in [0, 0.05) is 5.56 Å². The van der Waals surface area contributed by atoms with Gasteiger partial charge in [0.25, 0.3) is 0 Å². The molecule has 1 spiro atoms. The Bertz CT molecular complexity index is 571. The van der Waals surface area contributed by atoms with Crippen molar-refractivity contribution >= 4 is 0 Å². The van der Waals surface area contributed by atoms with Gasteiger partial charge >= 0.3 is 0 Å². The van der Waals surface area contributed by atoms with Crippen molar-refractivity contribution in [1.29, 1.82) is 0 Å². The predicted octanol–water partition coefficient (Wildman–Crippen LogP) is 3.76.